The lowest BCUT2D eigenvalue weighted by molar-refractivity contribution is -0.137. The summed E-state index contributed by atoms with van der Waals surface area (Å²) in [6.45, 7) is 3.30. The van der Waals surface area contributed by atoms with E-state index in [0.717, 1.165) is 5.56 Å². The molecule has 2 rings (SSSR count). The summed E-state index contributed by atoms with van der Waals surface area (Å²) in [4.78, 5) is 37.5. The zero-order valence-electron chi connectivity index (χ0n) is 14.5. The molecule has 2 amide bonds. The third kappa shape index (κ3) is 4.47. The molecule has 1 aromatic heterocycles. The second-order valence-corrected chi connectivity index (χ2v) is 5.74. The molecule has 0 saturated heterocycles. The van der Waals surface area contributed by atoms with E-state index in [1.165, 1.54) is 30.2 Å². The number of likely N-dealkylation sites (N-methyl/N-ethyl adjacent to an activating group) is 1. The Morgan fingerprint density at radius 2 is 1.92 bits per heavy atom. The molecule has 1 heterocycles. The summed E-state index contributed by atoms with van der Waals surface area (Å²) in [6.07, 6.45) is 0.503. The number of ether oxygens (including phenoxy) is 1. The molecule has 0 aliphatic carbocycles. The van der Waals surface area contributed by atoms with Gasteiger partial charge in [0.05, 0.1) is 11.8 Å². The third-order valence-corrected chi connectivity index (χ3v) is 3.54. The van der Waals surface area contributed by atoms with E-state index in [0.29, 0.717) is 5.69 Å². The summed E-state index contributed by atoms with van der Waals surface area (Å²) in [7, 11) is 3.17. The predicted molar refractivity (Wildman–Crippen MR) is 91.4 cm³/mol. The van der Waals surface area contributed by atoms with E-state index in [-0.39, 0.29) is 17.2 Å². The van der Waals surface area contributed by atoms with Crippen LogP contribution < -0.4 is 5.32 Å². The smallest absolute Gasteiger partial charge is 0.338 e. The Hall–Kier alpha value is -3.09. The molecule has 0 aliphatic heterocycles. The number of amides is 2. The van der Waals surface area contributed by atoms with Gasteiger partial charge in [0.1, 0.15) is 0 Å². The van der Waals surface area contributed by atoms with E-state index < -0.39 is 18.0 Å². The van der Waals surface area contributed by atoms with E-state index in [2.05, 4.69) is 5.32 Å². The minimum Gasteiger partial charge on any atom is -0.459 e. The molecule has 0 bridgehead atoms. The van der Waals surface area contributed by atoms with Crippen LogP contribution in [0.25, 0.3) is 0 Å². The van der Waals surface area contributed by atoms with Gasteiger partial charge in [0.2, 0.25) is 0 Å². The second-order valence-electron chi connectivity index (χ2n) is 5.74. The van der Waals surface area contributed by atoms with Gasteiger partial charge in [-0.15, -0.1) is 0 Å². The lowest BCUT2D eigenvalue weighted by Crippen LogP contribution is -2.34. The highest BCUT2D eigenvalue weighted by Gasteiger charge is 2.21. The zero-order chi connectivity index (χ0) is 18.6. The van der Waals surface area contributed by atoms with Crippen molar-refractivity contribution in [1.82, 2.24) is 4.90 Å². The number of nitrogens with zero attached hydrogens (tertiary/aromatic N) is 1. The van der Waals surface area contributed by atoms with Crippen molar-refractivity contribution in [3.05, 3.63) is 53.5 Å². The third-order valence-electron chi connectivity index (χ3n) is 3.54. The van der Waals surface area contributed by atoms with Crippen molar-refractivity contribution >= 4 is 23.5 Å². The number of furan rings is 1. The van der Waals surface area contributed by atoms with Gasteiger partial charge in [-0.1, -0.05) is 6.07 Å². The first-order valence-electron chi connectivity index (χ1n) is 7.67. The van der Waals surface area contributed by atoms with Crippen LogP contribution in [0.5, 0.6) is 0 Å². The van der Waals surface area contributed by atoms with Crippen molar-refractivity contribution in [2.75, 3.05) is 19.4 Å². The lowest BCUT2D eigenvalue weighted by Gasteiger charge is -2.17. The number of hydrogen-bond donors (Lipinski definition) is 1. The van der Waals surface area contributed by atoms with Crippen LogP contribution in [0.15, 0.2) is 41.0 Å². The molecule has 1 aromatic carbocycles. The number of hydrogen-bond acceptors (Lipinski definition) is 5. The van der Waals surface area contributed by atoms with Crippen LogP contribution in [0.3, 0.4) is 0 Å². The Morgan fingerprint density at radius 1 is 1.20 bits per heavy atom. The summed E-state index contributed by atoms with van der Waals surface area (Å²) < 4.78 is 10.2. The normalized spacial score (nSPS) is 11.5. The second kappa shape index (κ2) is 7.65. The summed E-state index contributed by atoms with van der Waals surface area (Å²) >= 11 is 0. The van der Waals surface area contributed by atoms with Gasteiger partial charge in [0.15, 0.2) is 11.9 Å². The first kappa shape index (κ1) is 18.3. The van der Waals surface area contributed by atoms with Crippen molar-refractivity contribution in [2.45, 2.75) is 20.0 Å². The Morgan fingerprint density at radius 3 is 2.52 bits per heavy atom. The molecule has 1 N–H and O–H groups in total. The average molecular weight is 344 g/mol. The SMILES string of the molecule is Cc1ccc(C(=O)O[C@H](C)C(=O)N(C)C)cc1NC(=O)c1ccco1. The minimum absolute atomic E-state index is 0.164. The molecule has 0 fully saturated rings. The Labute approximate surface area is 145 Å². The number of benzene rings is 1. The summed E-state index contributed by atoms with van der Waals surface area (Å²) in [5, 5.41) is 2.69. The van der Waals surface area contributed by atoms with Crippen molar-refractivity contribution in [2.24, 2.45) is 0 Å². The zero-order valence-corrected chi connectivity index (χ0v) is 14.5. The number of anilines is 1. The number of esters is 1. The summed E-state index contributed by atoms with van der Waals surface area (Å²) in [6, 6.07) is 7.92. The van der Waals surface area contributed by atoms with Crippen LogP contribution in [0.4, 0.5) is 5.69 Å². The molecular weight excluding hydrogens is 324 g/mol. The monoisotopic (exact) mass is 344 g/mol. The predicted octanol–water partition coefficient (Wildman–Crippen LogP) is 2.47. The fraction of sp³-hybridized carbons (Fsp3) is 0.278. The quantitative estimate of drug-likeness (QED) is 0.842. The van der Waals surface area contributed by atoms with Crippen LogP contribution in [-0.4, -0.2) is 42.9 Å². The molecule has 0 aliphatic rings. The molecule has 2 aromatic rings. The van der Waals surface area contributed by atoms with Crippen LogP contribution in [0.2, 0.25) is 0 Å². The molecule has 0 radical (unpaired) electrons. The number of carbonyl (C=O) groups is 3. The number of carbonyl (C=O) groups excluding carboxylic acids is 3. The van der Waals surface area contributed by atoms with Crippen LogP contribution in [0.1, 0.15) is 33.4 Å². The first-order valence-corrected chi connectivity index (χ1v) is 7.67. The van der Waals surface area contributed by atoms with Crippen LogP contribution >= 0.6 is 0 Å². The molecule has 7 nitrogen and oxygen atoms in total. The molecule has 25 heavy (non-hydrogen) atoms. The van der Waals surface area contributed by atoms with Crippen molar-refractivity contribution in [1.29, 1.82) is 0 Å². The molecule has 0 spiro atoms. The van der Waals surface area contributed by atoms with Gasteiger partial charge in [-0.25, -0.2) is 4.79 Å². The molecule has 0 unspecified atom stereocenters. The maximum atomic E-state index is 12.2. The lowest BCUT2D eigenvalue weighted by atomic mass is 10.1. The summed E-state index contributed by atoms with van der Waals surface area (Å²) in [5.74, 6) is -1.21. The van der Waals surface area contributed by atoms with Crippen molar-refractivity contribution in [3.63, 3.8) is 0 Å². The maximum absolute atomic E-state index is 12.2. The molecule has 0 saturated carbocycles. The molecule has 132 valence electrons. The van der Waals surface area contributed by atoms with Gasteiger partial charge in [-0.05, 0) is 43.7 Å². The van der Waals surface area contributed by atoms with Gasteiger partial charge in [0, 0.05) is 19.8 Å². The van der Waals surface area contributed by atoms with Gasteiger partial charge in [0.25, 0.3) is 11.8 Å². The van der Waals surface area contributed by atoms with E-state index in [1.807, 2.05) is 0 Å². The largest absolute Gasteiger partial charge is 0.459 e. The topological polar surface area (TPSA) is 88.9 Å². The average Bonchev–Trinajstić information content (AvgIpc) is 3.10. The van der Waals surface area contributed by atoms with Crippen LogP contribution in [0, 0.1) is 6.92 Å². The molecule has 1 atom stereocenters. The van der Waals surface area contributed by atoms with Gasteiger partial charge in [-0.3, -0.25) is 9.59 Å². The number of aryl methyl sites for hydroxylation is 1. The van der Waals surface area contributed by atoms with E-state index in [1.54, 1.807) is 39.2 Å². The Kier molecular flexibility index (Phi) is 5.59. The Balaban J connectivity index is 2.13. The number of nitrogens with one attached hydrogen (secondary N) is 1. The highest BCUT2D eigenvalue weighted by Crippen LogP contribution is 2.19. The highest BCUT2D eigenvalue weighted by molar-refractivity contribution is 6.03. The molecular formula is C18H20N2O5. The van der Waals surface area contributed by atoms with Gasteiger partial charge < -0.3 is 19.4 Å². The number of rotatable bonds is 5. The van der Waals surface area contributed by atoms with Gasteiger partial charge in [-0.2, -0.15) is 0 Å². The van der Waals surface area contributed by atoms with E-state index in [9.17, 15) is 14.4 Å². The fourth-order valence-corrected chi connectivity index (χ4v) is 2.12. The standard InChI is InChI=1S/C18H20N2O5/c1-11-7-8-13(18(23)25-12(2)17(22)20(3)4)10-14(11)19-16(21)15-6-5-9-24-15/h5-10,12H,1-4H3,(H,19,21)/t12-/m1/s1. The Bertz CT molecular complexity index is 781. The van der Waals surface area contributed by atoms with Crippen molar-refractivity contribution in [3.8, 4) is 0 Å². The maximum Gasteiger partial charge on any atom is 0.338 e. The molecule has 7 heteroatoms. The summed E-state index contributed by atoms with van der Waals surface area (Å²) in [5.41, 5.74) is 1.47. The van der Waals surface area contributed by atoms with Gasteiger partial charge >= 0.3 is 5.97 Å². The first-order chi connectivity index (χ1) is 11.8. The van der Waals surface area contributed by atoms with Crippen LogP contribution in [-0.2, 0) is 9.53 Å². The minimum atomic E-state index is -0.898. The highest BCUT2D eigenvalue weighted by atomic mass is 16.5. The van der Waals surface area contributed by atoms with E-state index >= 15 is 0 Å². The van der Waals surface area contributed by atoms with E-state index in [4.69, 9.17) is 9.15 Å². The fourth-order valence-electron chi connectivity index (χ4n) is 2.12. The van der Waals surface area contributed by atoms with Crippen molar-refractivity contribution < 1.29 is 23.5 Å².